The van der Waals surface area contributed by atoms with Crippen molar-refractivity contribution in [2.24, 2.45) is 0 Å². The third kappa shape index (κ3) is 19.4. The summed E-state index contributed by atoms with van der Waals surface area (Å²) in [6, 6.07) is 0.155. The highest BCUT2D eigenvalue weighted by Gasteiger charge is 2.45. The number of carbonyl (C=O) groups is 2. The normalized spacial score (nSPS) is 21.3. The van der Waals surface area contributed by atoms with Gasteiger partial charge >= 0.3 is 0 Å². The molecule has 0 saturated carbocycles. The topological polar surface area (TPSA) is 504 Å². The quantitative estimate of drug-likeness (QED) is 0.122. The average molecular weight is 2020 g/mol. The van der Waals surface area contributed by atoms with E-state index in [9.17, 15) is 9.59 Å². The molecular weight excluding hydrogens is 1900 g/mol. The Bertz CT molecular complexity index is 7390. The Labute approximate surface area is 851 Å². The largest absolute Gasteiger partial charge is 0.378 e. The Morgan fingerprint density at radius 2 is 0.696 bits per heavy atom. The van der Waals surface area contributed by atoms with Crippen LogP contribution in [0.3, 0.4) is 0 Å². The molecule has 6 saturated heterocycles. The van der Waals surface area contributed by atoms with Gasteiger partial charge in [-0.3, -0.25) is 14.9 Å². The minimum absolute atomic E-state index is 0.0500. The van der Waals surface area contributed by atoms with Gasteiger partial charge in [0.05, 0.1) is 130 Å². The fraction of sp³-hybridized carbons (Fsp3) is 0.530. The van der Waals surface area contributed by atoms with Crippen LogP contribution in [-0.2, 0) is 107 Å². The van der Waals surface area contributed by atoms with E-state index in [0.29, 0.717) is 137 Å². The number of nitrogens with one attached hydrogen (secondary N) is 2. The van der Waals surface area contributed by atoms with E-state index in [1.165, 1.54) is 6.92 Å². The molecule has 15 aromatic rings. The Hall–Kier alpha value is -14.3. The molecule has 0 radical (unpaired) electrons. The van der Waals surface area contributed by atoms with Gasteiger partial charge in [0.1, 0.15) is 81.4 Å². The van der Waals surface area contributed by atoms with Crippen LogP contribution in [0, 0.1) is 27.7 Å². The molecule has 2 bridgehead atoms. The SMILES string of the molecule is CC(=O)Nc1ncc(-c2nc(N3CCOCC3)c3nc4n(c3n2)CCOC4(C)C)cn1.Cc1ncc(-c2nc(N3CCOC(C)(C)C3)c3nc4n(c3n2)CCOC4(C)C)cn1.Cc1ncc(-c2nc(N3CCOCC3)c3nc4n(c3n2)CC(=O)NC4C)cn1.Cc1ncc(-c2nc(N3C[C@@H](C)O[C@@H](C)C3)c3nc4n(c3n2)CCOC4(C)C)cn1.Cc1ncc(-c2nc(N3C[C@@H]4C[C@H]3CO4)c3nc4n(c3n2)CCOC4(C)C)cn1. The second-order valence-electron chi connectivity index (χ2n) is 41.3. The molecule has 1 unspecified atom stereocenters. The van der Waals surface area contributed by atoms with Crippen molar-refractivity contribution in [1.29, 1.82) is 0 Å². The maximum absolute atomic E-state index is 12.1. The van der Waals surface area contributed by atoms with Crippen molar-refractivity contribution < 1.29 is 52.2 Å². The number of nitrogens with zero attached hydrogens (tertiary/aromatic N) is 35. The lowest BCUT2D eigenvalue weighted by Gasteiger charge is -2.38. The molecule has 11 aliphatic heterocycles. The van der Waals surface area contributed by atoms with Crippen molar-refractivity contribution >= 4 is 103 Å². The van der Waals surface area contributed by atoms with Gasteiger partial charge in [0, 0.05) is 154 Å². The first-order chi connectivity index (χ1) is 71.1. The number of aryl methyl sites for hydroxylation is 4. The van der Waals surface area contributed by atoms with E-state index in [4.69, 9.17) is 117 Å². The minimum Gasteiger partial charge on any atom is -0.378 e. The molecule has 11 aliphatic rings. The summed E-state index contributed by atoms with van der Waals surface area (Å²) < 4.78 is 63.1. The van der Waals surface area contributed by atoms with E-state index in [1.54, 1.807) is 62.0 Å². The van der Waals surface area contributed by atoms with Crippen LogP contribution in [0.1, 0.15) is 162 Å². The summed E-state index contributed by atoms with van der Waals surface area (Å²) in [6.07, 6.45) is 18.9. The molecule has 6 fully saturated rings. The lowest BCUT2D eigenvalue weighted by Crippen LogP contribution is -2.48. The summed E-state index contributed by atoms with van der Waals surface area (Å²) in [4.78, 5) is 151. The van der Waals surface area contributed by atoms with Gasteiger partial charge in [-0.25, -0.2) is 125 Å². The zero-order valence-corrected chi connectivity index (χ0v) is 86.5. The number of amides is 2. The van der Waals surface area contributed by atoms with E-state index < -0.39 is 22.4 Å². The van der Waals surface area contributed by atoms with Gasteiger partial charge in [0.15, 0.2) is 114 Å². The summed E-state index contributed by atoms with van der Waals surface area (Å²) in [5.74, 6) is 14.0. The van der Waals surface area contributed by atoms with Gasteiger partial charge in [-0.1, -0.05) is 0 Å². The van der Waals surface area contributed by atoms with Crippen molar-refractivity contribution in [1.82, 2.24) is 153 Å². The number of anilines is 6. The van der Waals surface area contributed by atoms with Crippen molar-refractivity contribution in [3.05, 3.63) is 114 Å². The monoisotopic (exact) mass is 2020 g/mol. The summed E-state index contributed by atoms with van der Waals surface area (Å²) in [7, 11) is 0. The molecule has 48 nitrogen and oxygen atoms in total. The van der Waals surface area contributed by atoms with E-state index in [0.717, 1.165) is 221 Å². The second-order valence-corrected chi connectivity index (χ2v) is 41.3. The number of hydrogen-bond donors (Lipinski definition) is 2. The molecular formula is C100H121N37O11. The third-order valence-corrected chi connectivity index (χ3v) is 27.8. The van der Waals surface area contributed by atoms with Crippen molar-refractivity contribution in [2.75, 3.05) is 155 Å². The Balaban J connectivity index is 0.000000105. The lowest BCUT2D eigenvalue weighted by atomic mass is 10.1. The first-order valence-corrected chi connectivity index (χ1v) is 50.4. The summed E-state index contributed by atoms with van der Waals surface area (Å²) in [5.41, 5.74) is 9.42. The number of hydrogen-bond acceptors (Lipinski definition) is 41. The molecule has 5 atom stereocenters. The predicted octanol–water partition coefficient (Wildman–Crippen LogP) is 8.74. The van der Waals surface area contributed by atoms with Crippen LogP contribution in [0.5, 0.6) is 0 Å². The minimum atomic E-state index is -0.509. The zero-order valence-electron chi connectivity index (χ0n) is 86.5. The number of morpholine rings is 5. The van der Waals surface area contributed by atoms with Crippen LogP contribution in [0.25, 0.3) is 113 Å². The van der Waals surface area contributed by atoms with E-state index in [1.807, 2.05) is 80.7 Å². The molecule has 148 heavy (non-hydrogen) atoms. The predicted molar refractivity (Wildman–Crippen MR) is 543 cm³/mol. The van der Waals surface area contributed by atoms with Crippen molar-refractivity contribution in [2.45, 2.75) is 222 Å². The Morgan fingerprint density at radius 1 is 0.372 bits per heavy atom. The third-order valence-electron chi connectivity index (χ3n) is 27.8. The van der Waals surface area contributed by atoms with Crippen LogP contribution < -0.4 is 35.1 Å². The fourth-order valence-corrected chi connectivity index (χ4v) is 20.6. The van der Waals surface area contributed by atoms with Gasteiger partial charge in [-0.2, -0.15) is 0 Å². The fourth-order valence-electron chi connectivity index (χ4n) is 20.6. The smallest absolute Gasteiger partial charge is 0.240 e. The van der Waals surface area contributed by atoms with Gasteiger partial charge < -0.3 is 95.3 Å². The van der Waals surface area contributed by atoms with Crippen LogP contribution in [0.4, 0.5) is 35.0 Å². The molecule has 0 spiro atoms. The number of rotatable bonds is 11. The van der Waals surface area contributed by atoms with Crippen LogP contribution in [-0.4, -0.2) is 314 Å². The van der Waals surface area contributed by atoms with Crippen LogP contribution >= 0.6 is 0 Å². The molecule has 26 heterocycles. The lowest BCUT2D eigenvalue weighted by molar-refractivity contribution is -0.123. The molecule has 2 amide bonds. The summed E-state index contributed by atoms with van der Waals surface area (Å²) in [6.45, 7) is 51.6. The number of fused-ring (bicyclic) bond motifs is 17. The van der Waals surface area contributed by atoms with Crippen LogP contribution in [0.2, 0.25) is 0 Å². The van der Waals surface area contributed by atoms with Gasteiger partial charge in [-0.15, -0.1) is 0 Å². The molecule has 772 valence electrons. The number of imidazole rings is 5. The Kier molecular flexibility index (Phi) is 26.0. The summed E-state index contributed by atoms with van der Waals surface area (Å²) >= 11 is 0. The highest BCUT2D eigenvalue weighted by Crippen LogP contribution is 2.44. The Morgan fingerprint density at radius 3 is 1.05 bits per heavy atom. The van der Waals surface area contributed by atoms with Crippen LogP contribution in [0.15, 0.2) is 62.0 Å². The first kappa shape index (κ1) is 98.4. The summed E-state index contributed by atoms with van der Waals surface area (Å²) in [5, 5.41) is 5.49. The van der Waals surface area contributed by atoms with E-state index >= 15 is 0 Å². The molecule has 0 aromatic carbocycles. The van der Waals surface area contributed by atoms with E-state index in [-0.39, 0.29) is 54.3 Å². The standard InChI is InChI=1S/2C21H27N7O2.C20H24N8O3.C20H23N7O2.C18H20N8O2/c1-13-22-10-14(11-23-13)16-25-17(27-6-8-29-20(2,3)12-27)15-18(26-16)28-7-9-30-21(4,5)19(28)24-15;1-12-10-27(11-13(2)30-12)18-16-19(28-6-7-29-21(4,5)20(28)24-16)26-17(25-18)15-8-22-14(3)23-9-15;1-12(29)23-19-21-10-13(11-22-19)15-25-16(27-4-7-30-8-5-27)14-17(26-15)28-6-9-31-20(2,3)18(28)24-14;1-11-21-7-12(8-22-11)16-24-17-15(23-19-20(2,3)29-5-4-26(17)19)18(25-16)27-9-14-6-13(27)10-28-14;1-10-16-22-14-17(25-3-5-28-6-4-25)23-15(12-7-19-11(2)20-8-12)24-18(14)26(16)9-13(27)21-10/h10-11H,6-9,12H2,1-5H3;8-9,12-13H,6-7,10-11H2,1-5H3;10-11H,4-9H2,1-3H3,(H,21,22,23,29);7-8,13-14H,4-6,9-10H2,1-3H3;7-8,10H,3-6,9H2,1-2H3,(H,21,27)/t;12-,13+;;13-,14-;/m...0./s1. The van der Waals surface area contributed by atoms with Crippen molar-refractivity contribution in [3.8, 4) is 56.9 Å². The molecule has 48 heteroatoms. The molecule has 0 aliphatic carbocycles. The number of aromatic nitrogens is 30. The van der Waals surface area contributed by atoms with Crippen molar-refractivity contribution in [3.63, 3.8) is 0 Å². The van der Waals surface area contributed by atoms with E-state index in [2.05, 4.69) is 145 Å². The van der Waals surface area contributed by atoms with Gasteiger partial charge in [0.25, 0.3) is 0 Å². The number of carbonyl (C=O) groups excluding carboxylic acids is 2. The highest BCUT2D eigenvalue weighted by molar-refractivity contribution is 5.93. The zero-order chi connectivity index (χ0) is 103. The molecule has 2 N–H and O–H groups in total. The van der Waals surface area contributed by atoms with Gasteiger partial charge in [0.2, 0.25) is 17.8 Å². The highest BCUT2D eigenvalue weighted by atomic mass is 16.5. The number of ether oxygens (including phenoxy) is 9. The molecule has 15 aromatic heterocycles. The second kappa shape index (κ2) is 39.1. The maximum Gasteiger partial charge on any atom is 0.240 e. The maximum atomic E-state index is 12.1. The average Bonchev–Trinajstić information content (AvgIpc) is 1.58. The molecule has 26 rings (SSSR count). The van der Waals surface area contributed by atoms with Gasteiger partial charge in [-0.05, 0) is 124 Å². The first-order valence-electron chi connectivity index (χ1n) is 50.4.